The van der Waals surface area contributed by atoms with Gasteiger partial charge in [-0.2, -0.15) is 13.2 Å². The highest BCUT2D eigenvalue weighted by Crippen LogP contribution is 2.36. The van der Waals surface area contributed by atoms with Gasteiger partial charge in [0.25, 0.3) is 5.91 Å². The van der Waals surface area contributed by atoms with Crippen LogP contribution >= 0.6 is 11.6 Å². The summed E-state index contributed by atoms with van der Waals surface area (Å²) in [5.74, 6) is -0.183. The minimum atomic E-state index is -4.63. The van der Waals surface area contributed by atoms with E-state index in [1.807, 2.05) is 22.9 Å². The second-order valence-electron chi connectivity index (χ2n) is 7.32. The standard InChI is InChI=1S/C24H18ClF3N4O2/c1-29-22(33)18-3-2-4-21-17(18)11-12-32(21)16-8-5-14(6-9-16)30-23(34)31-15-7-10-20(25)19(13-15)24(26,27)28/h2-13H,1H3,(H,29,33)(H2,30,31,34). The van der Waals surface area contributed by atoms with Gasteiger partial charge in [-0.15, -0.1) is 0 Å². The zero-order chi connectivity index (χ0) is 24.5. The fraction of sp³-hybridized carbons (Fsp3) is 0.0833. The maximum Gasteiger partial charge on any atom is 0.417 e. The van der Waals surface area contributed by atoms with Crippen LogP contribution in [0.3, 0.4) is 0 Å². The maximum absolute atomic E-state index is 13.0. The molecule has 3 aromatic carbocycles. The zero-order valence-electron chi connectivity index (χ0n) is 17.7. The number of hydrogen-bond donors (Lipinski definition) is 3. The highest BCUT2D eigenvalue weighted by molar-refractivity contribution is 6.31. The SMILES string of the molecule is CNC(=O)c1cccc2c1ccn2-c1ccc(NC(=O)Nc2ccc(Cl)c(C(F)(F)F)c2)cc1. The lowest BCUT2D eigenvalue weighted by atomic mass is 10.1. The molecule has 6 nitrogen and oxygen atoms in total. The number of carbonyl (C=O) groups excluding carboxylic acids is 2. The minimum Gasteiger partial charge on any atom is -0.355 e. The second-order valence-corrected chi connectivity index (χ2v) is 7.73. The average Bonchev–Trinajstić information content (AvgIpc) is 3.24. The van der Waals surface area contributed by atoms with Gasteiger partial charge in [0.05, 0.1) is 16.1 Å². The number of aromatic nitrogens is 1. The summed E-state index contributed by atoms with van der Waals surface area (Å²) in [6.07, 6.45) is -2.80. The van der Waals surface area contributed by atoms with Gasteiger partial charge in [-0.3, -0.25) is 4.79 Å². The molecule has 174 valence electrons. The number of fused-ring (bicyclic) bond motifs is 1. The van der Waals surface area contributed by atoms with Crippen LogP contribution in [-0.4, -0.2) is 23.6 Å². The van der Waals surface area contributed by atoms with E-state index in [9.17, 15) is 22.8 Å². The van der Waals surface area contributed by atoms with Gasteiger partial charge in [0.15, 0.2) is 0 Å². The van der Waals surface area contributed by atoms with Crippen molar-refractivity contribution >= 4 is 45.8 Å². The Hall–Kier alpha value is -3.98. The van der Waals surface area contributed by atoms with Crippen LogP contribution < -0.4 is 16.0 Å². The van der Waals surface area contributed by atoms with Gasteiger partial charge in [-0.25, -0.2) is 4.79 Å². The van der Waals surface area contributed by atoms with Crippen LogP contribution in [0.25, 0.3) is 16.6 Å². The molecule has 0 aliphatic carbocycles. The summed E-state index contributed by atoms with van der Waals surface area (Å²) >= 11 is 5.60. The molecule has 0 saturated carbocycles. The Labute approximate surface area is 197 Å². The molecule has 0 saturated heterocycles. The first-order valence-electron chi connectivity index (χ1n) is 10.0. The lowest BCUT2D eigenvalue weighted by Gasteiger charge is -2.13. The number of carbonyl (C=O) groups is 2. The molecule has 3 amide bonds. The van der Waals surface area contributed by atoms with Gasteiger partial charge in [-0.1, -0.05) is 17.7 Å². The van der Waals surface area contributed by atoms with Crippen molar-refractivity contribution < 1.29 is 22.8 Å². The Bertz CT molecular complexity index is 1380. The Morgan fingerprint density at radius 2 is 1.59 bits per heavy atom. The molecule has 0 radical (unpaired) electrons. The first kappa shape index (κ1) is 23.2. The number of nitrogens with zero attached hydrogens (tertiary/aromatic N) is 1. The van der Waals surface area contributed by atoms with Crippen LogP contribution in [0, 0.1) is 0 Å². The van der Waals surface area contributed by atoms with Gasteiger partial charge in [0.2, 0.25) is 0 Å². The molecule has 4 aromatic rings. The van der Waals surface area contributed by atoms with Crippen LogP contribution in [0.15, 0.2) is 72.9 Å². The predicted octanol–water partition coefficient (Wildman–Crippen LogP) is 6.31. The first-order chi connectivity index (χ1) is 16.2. The Kier molecular flexibility index (Phi) is 6.21. The van der Waals surface area contributed by atoms with Crippen molar-refractivity contribution in [2.45, 2.75) is 6.18 Å². The summed E-state index contributed by atoms with van der Waals surface area (Å²) in [7, 11) is 1.57. The topological polar surface area (TPSA) is 75.2 Å². The summed E-state index contributed by atoms with van der Waals surface area (Å²) in [5, 5.41) is 7.91. The van der Waals surface area contributed by atoms with E-state index >= 15 is 0 Å². The van der Waals surface area contributed by atoms with Crippen LogP contribution in [0.1, 0.15) is 15.9 Å². The number of anilines is 2. The number of nitrogens with one attached hydrogen (secondary N) is 3. The summed E-state index contributed by atoms with van der Waals surface area (Å²) in [6, 6.07) is 16.6. The highest BCUT2D eigenvalue weighted by atomic mass is 35.5. The van der Waals surface area contributed by atoms with Crippen molar-refractivity contribution in [1.29, 1.82) is 0 Å². The van der Waals surface area contributed by atoms with E-state index in [0.717, 1.165) is 28.7 Å². The number of amides is 3. The van der Waals surface area contributed by atoms with E-state index in [0.29, 0.717) is 11.3 Å². The number of benzene rings is 3. The van der Waals surface area contributed by atoms with E-state index in [-0.39, 0.29) is 11.6 Å². The van der Waals surface area contributed by atoms with Crippen molar-refractivity contribution in [3.8, 4) is 5.69 Å². The van der Waals surface area contributed by atoms with Crippen LogP contribution in [0.2, 0.25) is 5.02 Å². The van der Waals surface area contributed by atoms with Gasteiger partial charge in [0.1, 0.15) is 0 Å². The van der Waals surface area contributed by atoms with Crippen LogP contribution in [-0.2, 0) is 6.18 Å². The fourth-order valence-electron chi connectivity index (χ4n) is 3.54. The van der Waals surface area contributed by atoms with E-state index in [2.05, 4.69) is 16.0 Å². The monoisotopic (exact) mass is 486 g/mol. The highest BCUT2D eigenvalue weighted by Gasteiger charge is 2.33. The lowest BCUT2D eigenvalue weighted by molar-refractivity contribution is -0.137. The molecule has 0 aliphatic rings. The molecule has 4 rings (SSSR count). The molecule has 3 N–H and O–H groups in total. The largest absolute Gasteiger partial charge is 0.417 e. The van der Waals surface area contributed by atoms with Crippen molar-refractivity contribution in [3.05, 3.63) is 89.1 Å². The third-order valence-electron chi connectivity index (χ3n) is 5.14. The zero-order valence-corrected chi connectivity index (χ0v) is 18.5. The smallest absolute Gasteiger partial charge is 0.355 e. The first-order valence-corrected chi connectivity index (χ1v) is 10.4. The average molecular weight is 487 g/mol. The van der Waals surface area contributed by atoms with Crippen molar-refractivity contribution in [3.63, 3.8) is 0 Å². The Balaban J connectivity index is 1.50. The fourth-order valence-corrected chi connectivity index (χ4v) is 3.77. The van der Waals surface area contributed by atoms with E-state index in [1.54, 1.807) is 43.4 Å². The van der Waals surface area contributed by atoms with Gasteiger partial charge in [-0.05, 0) is 60.7 Å². The molecule has 1 aromatic heterocycles. The quantitative estimate of drug-likeness (QED) is 0.316. The van der Waals surface area contributed by atoms with E-state index < -0.39 is 22.8 Å². The number of halogens is 4. The third-order valence-corrected chi connectivity index (χ3v) is 5.47. The Morgan fingerprint density at radius 1 is 0.912 bits per heavy atom. The summed E-state index contributed by atoms with van der Waals surface area (Å²) in [5.41, 5.74) is 1.55. The molecular formula is C24H18ClF3N4O2. The minimum absolute atomic E-state index is 0.0448. The predicted molar refractivity (Wildman–Crippen MR) is 126 cm³/mol. The molecule has 0 fully saturated rings. The third kappa shape index (κ3) is 4.69. The summed E-state index contributed by atoms with van der Waals surface area (Å²) in [4.78, 5) is 24.4. The van der Waals surface area contributed by atoms with Crippen molar-refractivity contribution in [2.75, 3.05) is 17.7 Å². The molecule has 0 atom stereocenters. The molecular weight excluding hydrogens is 469 g/mol. The van der Waals surface area contributed by atoms with Crippen molar-refractivity contribution in [2.24, 2.45) is 0 Å². The lowest BCUT2D eigenvalue weighted by Crippen LogP contribution is -2.20. The normalized spacial score (nSPS) is 11.3. The van der Waals surface area contributed by atoms with Crippen LogP contribution in [0.4, 0.5) is 29.3 Å². The van der Waals surface area contributed by atoms with E-state index in [1.165, 1.54) is 6.07 Å². The molecule has 34 heavy (non-hydrogen) atoms. The van der Waals surface area contributed by atoms with Gasteiger partial charge < -0.3 is 20.5 Å². The number of rotatable bonds is 4. The molecule has 0 bridgehead atoms. The van der Waals surface area contributed by atoms with E-state index in [4.69, 9.17) is 11.6 Å². The Morgan fingerprint density at radius 3 is 2.26 bits per heavy atom. The summed E-state index contributed by atoms with van der Waals surface area (Å²) < 4.78 is 40.9. The molecule has 10 heteroatoms. The van der Waals surface area contributed by atoms with Gasteiger partial charge >= 0.3 is 12.2 Å². The number of alkyl halides is 3. The molecule has 0 unspecified atom stereocenters. The number of hydrogen-bond acceptors (Lipinski definition) is 2. The van der Waals surface area contributed by atoms with Crippen LogP contribution in [0.5, 0.6) is 0 Å². The van der Waals surface area contributed by atoms with Gasteiger partial charge in [0, 0.05) is 41.3 Å². The maximum atomic E-state index is 13.0. The molecule has 0 aliphatic heterocycles. The second kappa shape index (κ2) is 9.11. The summed E-state index contributed by atoms with van der Waals surface area (Å²) in [6.45, 7) is 0. The molecule has 1 heterocycles. The molecule has 0 spiro atoms. The number of urea groups is 1. The van der Waals surface area contributed by atoms with Crippen molar-refractivity contribution in [1.82, 2.24) is 9.88 Å².